The quantitative estimate of drug-likeness (QED) is 0.562. The van der Waals surface area contributed by atoms with Crippen LogP contribution in [0.1, 0.15) is 11.1 Å². The van der Waals surface area contributed by atoms with Crippen LogP contribution >= 0.6 is 11.8 Å². The fourth-order valence-corrected chi connectivity index (χ4v) is 3.75. The zero-order chi connectivity index (χ0) is 21.9. The average Bonchev–Trinajstić information content (AvgIpc) is 2.69. The standard InChI is InChI=1S/C20H20N4O4S2/c1-13-3-6-16(11-14(13)2)24-20(26)10-9-19(23-24)29-12-18(25)22-15-4-7-17(8-5-15)30(21,27)28/h3-11H,12H2,1-2H3,(H,22,25)(H2,21,27,28). The molecule has 10 heteroatoms. The molecule has 3 rings (SSSR count). The lowest BCUT2D eigenvalue weighted by Crippen LogP contribution is -2.21. The molecule has 0 radical (unpaired) electrons. The number of aryl methyl sites for hydroxylation is 2. The summed E-state index contributed by atoms with van der Waals surface area (Å²) in [5.74, 6) is -0.233. The first-order chi connectivity index (χ1) is 14.1. The van der Waals surface area contributed by atoms with Gasteiger partial charge >= 0.3 is 0 Å². The number of carbonyl (C=O) groups is 1. The third-order valence-corrected chi connectivity index (χ3v) is 6.18. The van der Waals surface area contributed by atoms with E-state index in [9.17, 15) is 18.0 Å². The van der Waals surface area contributed by atoms with Gasteiger partial charge in [0.1, 0.15) is 5.03 Å². The second-order valence-corrected chi connectivity index (χ2v) is 9.15. The van der Waals surface area contributed by atoms with Crippen LogP contribution in [0.25, 0.3) is 5.69 Å². The summed E-state index contributed by atoms with van der Waals surface area (Å²) in [7, 11) is -3.78. The van der Waals surface area contributed by atoms with E-state index >= 15 is 0 Å². The second kappa shape index (κ2) is 8.82. The number of carbonyl (C=O) groups excluding carboxylic acids is 1. The highest BCUT2D eigenvalue weighted by atomic mass is 32.2. The molecule has 3 aromatic rings. The van der Waals surface area contributed by atoms with E-state index in [1.54, 1.807) is 6.07 Å². The predicted molar refractivity (Wildman–Crippen MR) is 116 cm³/mol. The Morgan fingerprint density at radius 3 is 2.40 bits per heavy atom. The number of nitrogens with two attached hydrogens (primary N) is 1. The molecule has 1 aromatic heterocycles. The average molecular weight is 445 g/mol. The van der Waals surface area contributed by atoms with Crippen LogP contribution < -0.4 is 16.0 Å². The Labute approximate surface area is 178 Å². The lowest BCUT2D eigenvalue weighted by Gasteiger charge is -2.09. The summed E-state index contributed by atoms with van der Waals surface area (Å²) in [6, 6.07) is 14.2. The molecule has 2 aromatic carbocycles. The normalized spacial score (nSPS) is 11.3. The molecule has 1 amide bonds. The Bertz CT molecular complexity index is 1250. The highest BCUT2D eigenvalue weighted by molar-refractivity contribution is 7.99. The van der Waals surface area contributed by atoms with Crippen LogP contribution in [0.5, 0.6) is 0 Å². The Morgan fingerprint density at radius 1 is 1.07 bits per heavy atom. The smallest absolute Gasteiger partial charge is 0.271 e. The molecular weight excluding hydrogens is 424 g/mol. The number of amides is 1. The third kappa shape index (κ3) is 5.35. The largest absolute Gasteiger partial charge is 0.325 e. The molecule has 8 nitrogen and oxygen atoms in total. The first-order valence-electron chi connectivity index (χ1n) is 8.87. The van der Waals surface area contributed by atoms with E-state index in [0.717, 1.165) is 11.1 Å². The van der Waals surface area contributed by atoms with E-state index in [-0.39, 0.29) is 22.1 Å². The van der Waals surface area contributed by atoms with Crippen LogP contribution in [0.3, 0.4) is 0 Å². The number of nitrogens with one attached hydrogen (secondary N) is 1. The summed E-state index contributed by atoms with van der Waals surface area (Å²) in [6.07, 6.45) is 0. The van der Waals surface area contributed by atoms with Crippen molar-refractivity contribution in [3.8, 4) is 5.69 Å². The fourth-order valence-electron chi connectivity index (χ4n) is 2.58. The van der Waals surface area contributed by atoms with Crippen molar-refractivity contribution >= 4 is 33.4 Å². The minimum absolute atomic E-state index is 0.0346. The molecule has 156 valence electrons. The first kappa shape index (κ1) is 21.8. The number of thioether (sulfide) groups is 1. The van der Waals surface area contributed by atoms with E-state index in [4.69, 9.17) is 5.14 Å². The van der Waals surface area contributed by atoms with Crippen molar-refractivity contribution < 1.29 is 13.2 Å². The minimum Gasteiger partial charge on any atom is -0.325 e. The zero-order valence-corrected chi connectivity index (χ0v) is 18.0. The van der Waals surface area contributed by atoms with Crippen LogP contribution in [0, 0.1) is 13.8 Å². The highest BCUT2D eigenvalue weighted by Gasteiger charge is 2.10. The topological polar surface area (TPSA) is 124 Å². The van der Waals surface area contributed by atoms with E-state index in [1.807, 2.05) is 32.0 Å². The van der Waals surface area contributed by atoms with Crippen molar-refractivity contribution in [3.63, 3.8) is 0 Å². The molecule has 0 spiro atoms. The molecule has 3 N–H and O–H groups in total. The van der Waals surface area contributed by atoms with Gasteiger partial charge in [-0.25, -0.2) is 13.6 Å². The molecule has 0 bridgehead atoms. The number of rotatable bonds is 6. The summed E-state index contributed by atoms with van der Waals surface area (Å²) in [5.41, 5.74) is 3.01. The molecule has 0 saturated carbocycles. The van der Waals surface area contributed by atoms with Gasteiger partial charge in [-0.2, -0.15) is 9.78 Å². The molecule has 0 aliphatic carbocycles. The Morgan fingerprint density at radius 2 is 1.77 bits per heavy atom. The van der Waals surface area contributed by atoms with Gasteiger partial charge in [-0.15, -0.1) is 0 Å². The summed E-state index contributed by atoms with van der Waals surface area (Å²) in [4.78, 5) is 24.4. The van der Waals surface area contributed by atoms with Crippen molar-refractivity contribution in [1.82, 2.24) is 9.78 Å². The second-order valence-electron chi connectivity index (χ2n) is 6.60. The van der Waals surface area contributed by atoms with Gasteiger partial charge in [-0.3, -0.25) is 9.59 Å². The van der Waals surface area contributed by atoms with Gasteiger partial charge in [0, 0.05) is 11.8 Å². The lowest BCUT2D eigenvalue weighted by molar-refractivity contribution is -0.113. The van der Waals surface area contributed by atoms with Gasteiger partial charge < -0.3 is 5.32 Å². The van der Waals surface area contributed by atoms with Crippen LogP contribution in [0.2, 0.25) is 0 Å². The van der Waals surface area contributed by atoms with E-state index in [1.165, 1.54) is 46.8 Å². The van der Waals surface area contributed by atoms with Crippen molar-refractivity contribution in [2.24, 2.45) is 5.14 Å². The van der Waals surface area contributed by atoms with Gasteiger partial charge in [-0.1, -0.05) is 17.8 Å². The number of hydrogen-bond acceptors (Lipinski definition) is 6. The molecule has 0 atom stereocenters. The number of nitrogens with zero attached hydrogens (tertiary/aromatic N) is 2. The zero-order valence-electron chi connectivity index (χ0n) is 16.3. The van der Waals surface area contributed by atoms with E-state index < -0.39 is 10.0 Å². The molecular formula is C20H20N4O4S2. The number of aromatic nitrogens is 2. The Balaban J connectivity index is 1.67. The summed E-state index contributed by atoms with van der Waals surface area (Å²) < 4.78 is 23.8. The Kier molecular flexibility index (Phi) is 6.40. The maximum atomic E-state index is 12.2. The van der Waals surface area contributed by atoms with Crippen LogP contribution in [0.4, 0.5) is 5.69 Å². The predicted octanol–water partition coefficient (Wildman–Crippen LogP) is 2.23. The molecule has 0 unspecified atom stereocenters. The first-order valence-corrected chi connectivity index (χ1v) is 11.4. The highest BCUT2D eigenvalue weighted by Crippen LogP contribution is 2.17. The van der Waals surface area contributed by atoms with E-state index in [2.05, 4.69) is 10.4 Å². The molecule has 0 fully saturated rings. The van der Waals surface area contributed by atoms with Crippen molar-refractivity contribution in [2.75, 3.05) is 11.1 Å². The van der Waals surface area contributed by atoms with Gasteiger partial charge in [0.2, 0.25) is 15.9 Å². The van der Waals surface area contributed by atoms with E-state index in [0.29, 0.717) is 16.4 Å². The van der Waals surface area contributed by atoms with Gasteiger partial charge in [0.25, 0.3) is 5.56 Å². The number of benzene rings is 2. The van der Waals surface area contributed by atoms with Crippen molar-refractivity contribution in [1.29, 1.82) is 0 Å². The lowest BCUT2D eigenvalue weighted by atomic mass is 10.1. The monoisotopic (exact) mass is 444 g/mol. The van der Waals surface area contributed by atoms with Gasteiger partial charge in [-0.05, 0) is 67.4 Å². The molecule has 0 saturated heterocycles. The van der Waals surface area contributed by atoms with Gasteiger partial charge in [0.15, 0.2) is 0 Å². The van der Waals surface area contributed by atoms with Gasteiger partial charge in [0.05, 0.1) is 16.3 Å². The molecule has 0 aliphatic rings. The van der Waals surface area contributed by atoms with Crippen LogP contribution in [-0.2, 0) is 14.8 Å². The summed E-state index contributed by atoms with van der Waals surface area (Å²) in [5, 5.41) is 12.6. The maximum absolute atomic E-state index is 12.2. The number of sulfonamides is 1. The van der Waals surface area contributed by atoms with Crippen LogP contribution in [-0.4, -0.2) is 29.9 Å². The number of primary sulfonamides is 1. The molecule has 1 heterocycles. The minimum atomic E-state index is -3.78. The SMILES string of the molecule is Cc1ccc(-n2nc(SCC(=O)Nc3ccc(S(N)(=O)=O)cc3)ccc2=O)cc1C. The maximum Gasteiger partial charge on any atom is 0.271 e. The molecule has 0 aliphatic heterocycles. The van der Waals surface area contributed by atoms with Crippen LogP contribution in [0.15, 0.2) is 69.3 Å². The third-order valence-electron chi connectivity index (χ3n) is 4.33. The summed E-state index contributed by atoms with van der Waals surface area (Å²) >= 11 is 1.18. The number of hydrogen-bond donors (Lipinski definition) is 2. The van der Waals surface area contributed by atoms with Crippen molar-refractivity contribution in [2.45, 2.75) is 23.8 Å². The van der Waals surface area contributed by atoms with Crippen molar-refractivity contribution in [3.05, 3.63) is 76.1 Å². The molecule has 30 heavy (non-hydrogen) atoms. The fraction of sp³-hybridized carbons (Fsp3) is 0.150. The number of anilines is 1. The summed E-state index contributed by atoms with van der Waals surface area (Å²) in [6.45, 7) is 3.95. The Hall–Kier alpha value is -2.95.